The summed E-state index contributed by atoms with van der Waals surface area (Å²) in [4.78, 5) is 23.2. The Hall–Kier alpha value is -6.23. The average molecular weight is 702 g/mol. The van der Waals surface area contributed by atoms with Gasteiger partial charge < -0.3 is 33.9 Å². The van der Waals surface area contributed by atoms with Crippen molar-refractivity contribution in [1.82, 2.24) is 9.88 Å². The van der Waals surface area contributed by atoms with E-state index in [1.54, 1.807) is 41.3 Å². The molecule has 14 heteroatoms. The Morgan fingerprint density at radius 2 is 1.55 bits per heavy atom. The van der Waals surface area contributed by atoms with Crippen LogP contribution in [0.25, 0.3) is 0 Å². The Labute approximate surface area is 292 Å². The van der Waals surface area contributed by atoms with E-state index in [4.69, 9.17) is 33.9 Å². The number of allylic oxidation sites excluding steroid dienone is 1. The first-order valence-corrected chi connectivity index (χ1v) is 15.4. The fourth-order valence-corrected chi connectivity index (χ4v) is 5.39. The summed E-state index contributed by atoms with van der Waals surface area (Å²) in [6.45, 7) is 1.55. The van der Waals surface area contributed by atoms with Gasteiger partial charge in [0.05, 0.1) is 47.1 Å². The Kier molecular flexibility index (Phi) is 11.0. The molecule has 5 rings (SSSR count). The quantitative estimate of drug-likeness (QED) is 0.169. The minimum Gasteiger partial charge on any atom is -0.497 e. The summed E-state index contributed by atoms with van der Waals surface area (Å²) in [6, 6.07) is 18.6. The zero-order chi connectivity index (χ0) is 36.7. The number of alkyl halides is 2. The van der Waals surface area contributed by atoms with E-state index < -0.39 is 29.4 Å². The number of amides is 1. The summed E-state index contributed by atoms with van der Waals surface area (Å²) in [6.07, 6.45) is -0.792. The number of hydrogen-bond donors (Lipinski definition) is 1. The number of rotatable bonds is 12. The van der Waals surface area contributed by atoms with Crippen molar-refractivity contribution in [3.63, 3.8) is 0 Å². The highest BCUT2D eigenvalue weighted by molar-refractivity contribution is 6.02. The van der Waals surface area contributed by atoms with Gasteiger partial charge in [0, 0.05) is 40.7 Å². The molecule has 1 amide bonds. The van der Waals surface area contributed by atoms with E-state index in [9.17, 15) is 13.6 Å². The maximum absolute atomic E-state index is 15.7. The lowest BCUT2D eigenvalue weighted by Crippen LogP contribution is -2.38. The first kappa shape index (κ1) is 36.1. The second kappa shape index (κ2) is 15.5. The van der Waals surface area contributed by atoms with Crippen molar-refractivity contribution < 1.29 is 41.7 Å². The molecule has 0 saturated carbocycles. The van der Waals surface area contributed by atoms with Gasteiger partial charge in [-0.15, -0.1) is 0 Å². The van der Waals surface area contributed by atoms with E-state index in [0.717, 1.165) is 12.1 Å². The van der Waals surface area contributed by atoms with Gasteiger partial charge in [-0.1, -0.05) is 0 Å². The molecule has 1 N–H and O–H groups in total. The first-order chi connectivity index (χ1) is 24.5. The lowest BCUT2D eigenvalue weighted by atomic mass is 9.90. The highest BCUT2D eigenvalue weighted by Crippen LogP contribution is 2.38. The summed E-state index contributed by atoms with van der Waals surface area (Å²) < 4.78 is 72.4. The highest BCUT2D eigenvalue weighted by atomic mass is 19.3. The Morgan fingerprint density at radius 1 is 0.922 bits per heavy atom. The average Bonchev–Trinajstić information content (AvgIpc) is 3.15. The predicted molar refractivity (Wildman–Crippen MR) is 182 cm³/mol. The number of pyridine rings is 1. The number of anilines is 1. The van der Waals surface area contributed by atoms with Crippen LogP contribution in [0.4, 0.5) is 18.9 Å². The summed E-state index contributed by atoms with van der Waals surface area (Å²) in [5.74, 6) is -0.146. The molecule has 0 unspecified atom stereocenters. The van der Waals surface area contributed by atoms with Gasteiger partial charge >= 0.3 is 0 Å². The topological polar surface area (TPSA) is 128 Å². The molecule has 0 bridgehead atoms. The van der Waals surface area contributed by atoms with Crippen LogP contribution in [0.1, 0.15) is 39.7 Å². The number of ether oxygens (including phenoxy) is 5. The van der Waals surface area contributed by atoms with Crippen LogP contribution in [0.5, 0.6) is 23.0 Å². The van der Waals surface area contributed by atoms with Crippen molar-refractivity contribution in [2.45, 2.75) is 32.0 Å². The molecule has 1 atom stereocenters. The first-order valence-electron chi connectivity index (χ1n) is 15.4. The summed E-state index contributed by atoms with van der Waals surface area (Å²) in [5, 5.41) is 11.7. The largest absolute Gasteiger partial charge is 0.497 e. The molecule has 0 fully saturated rings. The van der Waals surface area contributed by atoms with Crippen LogP contribution in [-0.2, 0) is 23.4 Å². The number of carbonyl (C=O) groups is 1. The van der Waals surface area contributed by atoms with Crippen LogP contribution in [0.15, 0.2) is 89.8 Å². The van der Waals surface area contributed by atoms with E-state index in [2.05, 4.69) is 10.3 Å². The van der Waals surface area contributed by atoms with Crippen molar-refractivity contribution in [3.8, 4) is 29.1 Å². The smallest absolute Gasteiger partial charge is 0.295 e. The molecule has 0 aliphatic carbocycles. The van der Waals surface area contributed by atoms with Crippen LogP contribution in [0, 0.1) is 17.1 Å². The number of nitrogens with zero attached hydrogens (tertiary/aromatic N) is 4. The van der Waals surface area contributed by atoms with E-state index in [1.807, 2.05) is 6.07 Å². The van der Waals surface area contributed by atoms with Crippen LogP contribution >= 0.6 is 0 Å². The van der Waals surface area contributed by atoms with Gasteiger partial charge in [-0.3, -0.25) is 4.79 Å². The fraction of sp³-hybridized carbons (Fsp3) is 0.243. The van der Waals surface area contributed by atoms with E-state index >= 15 is 4.39 Å². The number of carbonyl (C=O) groups excluding carboxylic acids is 1. The monoisotopic (exact) mass is 701 g/mol. The molecule has 11 nitrogen and oxygen atoms in total. The number of amidine groups is 1. The molecule has 0 saturated heterocycles. The highest BCUT2D eigenvalue weighted by Gasteiger charge is 2.37. The molecule has 1 aliphatic rings. The number of nitriles is 1. The van der Waals surface area contributed by atoms with Crippen LogP contribution in [-0.4, -0.2) is 56.7 Å². The number of hydrogen-bond acceptors (Lipinski definition) is 10. The number of methoxy groups -OCH3 is 4. The molecule has 264 valence electrons. The van der Waals surface area contributed by atoms with Gasteiger partial charge in [0.1, 0.15) is 46.1 Å². The van der Waals surface area contributed by atoms with Crippen LogP contribution in [0.3, 0.4) is 0 Å². The van der Waals surface area contributed by atoms with E-state index in [1.165, 1.54) is 65.8 Å². The minimum atomic E-state index is -3.09. The SMILES string of the molecule is COc1ccc(CN(Cc2ccc(OC)cc2OC)C2=N[C@](C)(c3cc(NC(=O)c4ccc(C#N)cn4)ccc3F)C=C(C(F)F)O2)c(OC)c1. The maximum atomic E-state index is 15.7. The third-order valence-electron chi connectivity index (χ3n) is 8.05. The standard InChI is InChI=1S/C37H34F3N5O6/c1-37(28-14-25(9-12-29(28)38)43-35(46)30-13-6-22(18-41)19-42-30)17-33(34(39)40)51-36(44-37)45(20-23-7-10-26(47-2)15-31(23)49-4)21-24-8-11-27(48-3)16-32(24)50-5/h6-17,19,34H,20-21H2,1-5H3,(H,43,46)/t37-/m0/s1. The molecule has 1 aliphatic heterocycles. The van der Waals surface area contributed by atoms with Gasteiger partial charge in [0.2, 0.25) is 0 Å². The molecular formula is C37H34F3N5O6. The third kappa shape index (κ3) is 8.16. The Bertz CT molecular complexity index is 1960. The van der Waals surface area contributed by atoms with Gasteiger partial charge in [0.15, 0.2) is 5.76 Å². The van der Waals surface area contributed by atoms with Crippen molar-refractivity contribution in [1.29, 1.82) is 5.26 Å². The van der Waals surface area contributed by atoms with Crippen LogP contribution in [0.2, 0.25) is 0 Å². The van der Waals surface area contributed by atoms with Crippen LogP contribution < -0.4 is 24.3 Å². The molecule has 51 heavy (non-hydrogen) atoms. The predicted octanol–water partition coefficient (Wildman–Crippen LogP) is 6.83. The maximum Gasteiger partial charge on any atom is 0.295 e. The fourth-order valence-electron chi connectivity index (χ4n) is 5.39. The summed E-state index contributed by atoms with van der Waals surface area (Å²) in [7, 11) is 6.02. The van der Waals surface area contributed by atoms with Crippen molar-refractivity contribution in [3.05, 3.63) is 119 Å². The number of benzene rings is 3. The minimum absolute atomic E-state index is 0.0101. The normalized spacial score (nSPS) is 15.1. The van der Waals surface area contributed by atoms with Crippen molar-refractivity contribution in [2.75, 3.05) is 33.8 Å². The van der Waals surface area contributed by atoms with Gasteiger partial charge in [0.25, 0.3) is 18.4 Å². The van der Waals surface area contributed by atoms with Crippen molar-refractivity contribution in [2.24, 2.45) is 4.99 Å². The summed E-state index contributed by atoms with van der Waals surface area (Å²) in [5.41, 5.74) is -0.140. The zero-order valence-corrected chi connectivity index (χ0v) is 28.4. The molecular weight excluding hydrogens is 667 g/mol. The molecule has 0 radical (unpaired) electrons. The molecule has 1 aromatic heterocycles. The number of halogens is 3. The third-order valence-corrected chi connectivity index (χ3v) is 8.05. The second-order valence-electron chi connectivity index (χ2n) is 11.4. The second-order valence-corrected chi connectivity index (χ2v) is 11.4. The lowest BCUT2D eigenvalue weighted by Gasteiger charge is -2.34. The van der Waals surface area contributed by atoms with E-state index in [-0.39, 0.29) is 41.6 Å². The molecule has 4 aromatic rings. The van der Waals surface area contributed by atoms with Gasteiger partial charge in [-0.2, -0.15) is 5.26 Å². The molecule has 0 spiro atoms. The van der Waals surface area contributed by atoms with Gasteiger partial charge in [-0.25, -0.2) is 23.1 Å². The number of aromatic nitrogens is 1. The lowest BCUT2D eigenvalue weighted by molar-refractivity contribution is 0.102. The number of nitrogens with one attached hydrogen (secondary N) is 1. The summed E-state index contributed by atoms with van der Waals surface area (Å²) >= 11 is 0. The Morgan fingerprint density at radius 3 is 2.06 bits per heavy atom. The van der Waals surface area contributed by atoms with E-state index in [0.29, 0.717) is 34.1 Å². The van der Waals surface area contributed by atoms with Gasteiger partial charge in [-0.05, 0) is 67.6 Å². The molecule has 3 aromatic carbocycles. The number of aliphatic imine (C=N–C) groups is 1. The van der Waals surface area contributed by atoms with Crippen molar-refractivity contribution >= 4 is 17.6 Å². The Balaban J connectivity index is 1.59. The zero-order valence-electron chi connectivity index (χ0n) is 28.4. The molecule has 2 heterocycles.